The Kier molecular flexibility index (Phi) is 2.80. The van der Waals surface area contributed by atoms with Crippen LogP contribution in [0.2, 0.25) is 5.15 Å². The van der Waals surface area contributed by atoms with Crippen molar-refractivity contribution in [2.75, 3.05) is 0 Å². The lowest BCUT2D eigenvalue weighted by atomic mass is 10.0. The summed E-state index contributed by atoms with van der Waals surface area (Å²) in [6.45, 7) is 3.90. The average Bonchev–Trinajstić information content (AvgIpc) is 2.18. The molecule has 0 aliphatic rings. The van der Waals surface area contributed by atoms with Crippen molar-refractivity contribution in [2.45, 2.75) is 19.8 Å². The van der Waals surface area contributed by atoms with E-state index in [4.69, 9.17) is 11.6 Å². The van der Waals surface area contributed by atoms with Gasteiger partial charge in [0, 0.05) is 11.5 Å². The number of benzene rings is 1. The summed E-state index contributed by atoms with van der Waals surface area (Å²) in [6, 6.07) is 3.75. The van der Waals surface area contributed by atoms with E-state index >= 15 is 0 Å². The van der Waals surface area contributed by atoms with Gasteiger partial charge in [-0.2, -0.15) is 0 Å². The van der Waals surface area contributed by atoms with E-state index in [9.17, 15) is 8.78 Å². The summed E-state index contributed by atoms with van der Waals surface area (Å²) in [5.74, 6) is -1.13. The minimum atomic E-state index is -0.688. The van der Waals surface area contributed by atoms with Crippen LogP contribution in [0.5, 0.6) is 0 Å². The van der Waals surface area contributed by atoms with Gasteiger partial charge in [-0.25, -0.2) is 13.8 Å². The number of fused-ring (bicyclic) bond motifs is 1. The molecule has 1 aromatic heterocycles. The molecule has 0 saturated heterocycles. The Hall–Kier alpha value is -1.22. The zero-order valence-electron chi connectivity index (χ0n) is 8.89. The van der Waals surface area contributed by atoms with Gasteiger partial charge in [0.2, 0.25) is 0 Å². The molecule has 0 saturated carbocycles. The van der Waals surface area contributed by atoms with Crippen molar-refractivity contribution in [2.24, 2.45) is 0 Å². The van der Waals surface area contributed by atoms with Crippen molar-refractivity contribution in [3.05, 3.63) is 40.6 Å². The fraction of sp³-hybridized carbons (Fsp3) is 0.250. The third-order valence-electron chi connectivity index (χ3n) is 2.44. The van der Waals surface area contributed by atoms with Crippen LogP contribution in [0, 0.1) is 11.6 Å². The zero-order valence-corrected chi connectivity index (χ0v) is 9.65. The van der Waals surface area contributed by atoms with Gasteiger partial charge >= 0.3 is 0 Å². The standard InChI is InChI=1S/C12H10ClF2N/c1-6(2)9-4-7-3-8(14)5-10(15)11(7)16-12(9)13/h3-6H,1-2H3. The number of hydrogen-bond donors (Lipinski definition) is 0. The molecule has 0 aliphatic heterocycles. The van der Waals surface area contributed by atoms with Crippen molar-refractivity contribution < 1.29 is 8.78 Å². The summed E-state index contributed by atoms with van der Waals surface area (Å²) < 4.78 is 26.4. The smallest absolute Gasteiger partial charge is 0.152 e. The summed E-state index contributed by atoms with van der Waals surface area (Å²) in [4.78, 5) is 3.96. The summed E-state index contributed by atoms with van der Waals surface area (Å²) in [5, 5.41) is 0.707. The monoisotopic (exact) mass is 241 g/mol. The third kappa shape index (κ3) is 1.87. The molecule has 2 rings (SSSR count). The number of aromatic nitrogens is 1. The first kappa shape index (κ1) is 11.3. The highest BCUT2D eigenvalue weighted by molar-refractivity contribution is 6.30. The van der Waals surface area contributed by atoms with Gasteiger partial charge < -0.3 is 0 Å². The molecule has 1 nitrogen and oxygen atoms in total. The maximum absolute atomic E-state index is 13.4. The van der Waals surface area contributed by atoms with Crippen LogP contribution >= 0.6 is 11.6 Å². The van der Waals surface area contributed by atoms with E-state index in [1.165, 1.54) is 6.07 Å². The quantitative estimate of drug-likeness (QED) is 0.679. The number of rotatable bonds is 1. The van der Waals surface area contributed by atoms with Crippen LogP contribution in [0.4, 0.5) is 8.78 Å². The lowest BCUT2D eigenvalue weighted by Gasteiger charge is -2.09. The molecule has 0 N–H and O–H groups in total. The molecule has 1 aromatic carbocycles. The van der Waals surface area contributed by atoms with Gasteiger partial charge in [-0.15, -0.1) is 0 Å². The van der Waals surface area contributed by atoms with Gasteiger partial charge in [-0.3, -0.25) is 0 Å². The van der Waals surface area contributed by atoms with Crippen molar-refractivity contribution in [3.63, 3.8) is 0 Å². The van der Waals surface area contributed by atoms with Crippen LogP contribution in [-0.4, -0.2) is 4.98 Å². The Balaban J connectivity index is 2.79. The minimum Gasteiger partial charge on any atom is -0.233 e. The summed E-state index contributed by atoms with van der Waals surface area (Å²) in [7, 11) is 0. The molecule has 0 unspecified atom stereocenters. The second kappa shape index (κ2) is 3.98. The van der Waals surface area contributed by atoms with E-state index in [-0.39, 0.29) is 16.6 Å². The molecule has 0 bridgehead atoms. The first-order chi connectivity index (χ1) is 7.49. The Bertz CT molecular complexity index is 552. The Morgan fingerprint density at radius 2 is 1.88 bits per heavy atom. The second-order valence-corrected chi connectivity index (χ2v) is 4.34. The Morgan fingerprint density at radius 1 is 1.19 bits per heavy atom. The van der Waals surface area contributed by atoms with E-state index in [1.54, 1.807) is 6.07 Å². The van der Waals surface area contributed by atoms with E-state index in [0.29, 0.717) is 5.39 Å². The number of halogens is 3. The lowest BCUT2D eigenvalue weighted by Crippen LogP contribution is -1.95. The molecule has 1 heterocycles. The first-order valence-corrected chi connectivity index (χ1v) is 5.32. The highest BCUT2D eigenvalue weighted by atomic mass is 35.5. The fourth-order valence-electron chi connectivity index (χ4n) is 1.61. The number of nitrogens with zero attached hydrogens (tertiary/aromatic N) is 1. The van der Waals surface area contributed by atoms with Crippen LogP contribution in [0.25, 0.3) is 10.9 Å². The molecule has 16 heavy (non-hydrogen) atoms. The van der Waals surface area contributed by atoms with E-state index in [0.717, 1.165) is 11.6 Å². The molecular formula is C12H10ClF2N. The van der Waals surface area contributed by atoms with Gasteiger partial charge in [-0.1, -0.05) is 25.4 Å². The average molecular weight is 242 g/mol. The Labute approximate surface area is 97.1 Å². The number of pyridine rings is 1. The maximum atomic E-state index is 13.4. The van der Waals surface area contributed by atoms with Crippen molar-refractivity contribution in [1.82, 2.24) is 4.98 Å². The van der Waals surface area contributed by atoms with E-state index in [1.807, 2.05) is 13.8 Å². The van der Waals surface area contributed by atoms with Gasteiger partial charge in [0.05, 0.1) is 0 Å². The fourth-order valence-corrected chi connectivity index (χ4v) is 1.97. The van der Waals surface area contributed by atoms with Crippen molar-refractivity contribution in [1.29, 1.82) is 0 Å². The minimum absolute atomic E-state index is 0.107. The maximum Gasteiger partial charge on any atom is 0.152 e. The van der Waals surface area contributed by atoms with Crippen LogP contribution in [0.3, 0.4) is 0 Å². The van der Waals surface area contributed by atoms with Gasteiger partial charge in [-0.05, 0) is 23.6 Å². The molecule has 84 valence electrons. The SMILES string of the molecule is CC(C)c1cc2cc(F)cc(F)c2nc1Cl. The molecule has 0 amide bonds. The molecule has 0 spiro atoms. The van der Waals surface area contributed by atoms with E-state index in [2.05, 4.69) is 4.98 Å². The molecule has 0 fully saturated rings. The van der Waals surface area contributed by atoms with Crippen LogP contribution < -0.4 is 0 Å². The van der Waals surface area contributed by atoms with Gasteiger partial charge in [0.15, 0.2) is 5.82 Å². The largest absolute Gasteiger partial charge is 0.233 e. The third-order valence-corrected chi connectivity index (χ3v) is 2.74. The van der Waals surface area contributed by atoms with Gasteiger partial charge in [0.1, 0.15) is 16.5 Å². The molecule has 0 atom stereocenters. The van der Waals surface area contributed by atoms with Gasteiger partial charge in [0.25, 0.3) is 0 Å². The lowest BCUT2D eigenvalue weighted by molar-refractivity contribution is 0.590. The molecule has 0 aliphatic carbocycles. The predicted octanol–water partition coefficient (Wildman–Crippen LogP) is 4.29. The Morgan fingerprint density at radius 3 is 2.50 bits per heavy atom. The van der Waals surface area contributed by atoms with E-state index < -0.39 is 11.6 Å². The van der Waals surface area contributed by atoms with Crippen LogP contribution in [-0.2, 0) is 0 Å². The summed E-state index contributed by atoms with van der Waals surface area (Å²) in [6.07, 6.45) is 0. The van der Waals surface area contributed by atoms with Crippen molar-refractivity contribution >= 4 is 22.5 Å². The normalized spacial score (nSPS) is 11.4. The molecular weight excluding hydrogens is 232 g/mol. The zero-order chi connectivity index (χ0) is 11.9. The summed E-state index contributed by atoms with van der Waals surface area (Å²) >= 11 is 5.94. The summed E-state index contributed by atoms with van der Waals surface area (Å²) in [5.41, 5.74) is 0.898. The molecule has 4 heteroatoms. The molecule has 2 aromatic rings. The topological polar surface area (TPSA) is 12.9 Å². The highest BCUT2D eigenvalue weighted by Gasteiger charge is 2.12. The van der Waals surface area contributed by atoms with Crippen LogP contribution in [0.1, 0.15) is 25.3 Å². The first-order valence-electron chi connectivity index (χ1n) is 4.94. The highest BCUT2D eigenvalue weighted by Crippen LogP contribution is 2.28. The number of hydrogen-bond acceptors (Lipinski definition) is 1. The van der Waals surface area contributed by atoms with Crippen LogP contribution in [0.15, 0.2) is 18.2 Å². The molecule has 0 radical (unpaired) electrons. The predicted molar refractivity (Wildman–Crippen MR) is 60.8 cm³/mol. The van der Waals surface area contributed by atoms with Crippen molar-refractivity contribution in [3.8, 4) is 0 Å². The second-order valence-electron chi connectivity index (χ2n) is 3.98.